The average molecular weight is 288 g/mol. The van der Waals surface area contributed by atoms with Gasteiger partial charge in [-0.25, -0.2) is 0 Å². The first kappa shape index (κ1) is 15.8. The van der Waals surface area contributed by atoms with E-state index in [2.05, 4.69) is 17.1 Å². The Balaban J connectivity index is 2.06. The topological polar surface area (TPSA) is 40.6 Å². The second kappa shape index (κ2) is 10.6. The predicted molar refractivity (Wildman–Crippen MR) is 66.4 cm³/mol. The van der Waals surface area contributed by atoms with Crippen molar-refractivity contribution in [3.8, 4) is 0 Å². The van der Waals surface area contributed by atoms with Gasteiger partial charge in [0.15, 0.2) is 0 Å². The molecule has 0 N–H and O–H groups in total. The Hall–Kier alpha value is -0.256. The second-order valence-corrected chi connectivity index (χ2v) is 5.91. The molecule has 0 saturated heterocycles. The van der Waals surface area contributed by atoms with Gasteiger partial charge < -0.3 is 0 Å². The van der Waals surface area contributed by atoms with Crippen molar-refractivity contribution < 1.29 is 29.0 Å². The number of hydrogen-bond acceptors (Lipinski definition) is 4. The molecule has 0 bridgehead atoms. The Morgan fingerprint density at radius 2 is 1.67 bits per heavy atom. The first-order chi connectivity index (χ1) is 8.86. The first-order valence-electron chi connectivity index (χ1n) is 6.51. The molecule has 1 heterocycles. The molecule has 0 amide bonds. The van der Waals surface area contributed by atoms with Crippen LogP contribution in [0.5, 0.6) is 0 Å². The van der Waals surface area contributed by atoms with Crippen LogP contribution in [0.3, 0.4) is 0 Å². The number of hydrogen-bond donors (Lipinski definition) is 0. The van der Waals surface area contributed by atoms with Crippen LogP contribution in [0.2, 0.25) is 0 Å². The van der Waals surface area contributed by atoms with Crippen molar-refractivity contribution in [2.75, 3.05) is 19.8 Å². The summed E-state index contributed by atoms with van der Waals surface area (Å²) in [4.78, 5) is 4.00. The molecule has 101 valence electrons. The van der Waals surface area contributed by atoms with Gasteiger partial charge in [-0.3, -0.25) is 0 Å². The van der Waals surface area contributed by atoms with Crippen molar-refractivity contribution in [1.29, 1.82) is 0 Å². The zero-order chi connectivity index (χ0) is 13.1. The van der Waals surface area contributed by atoms with Crippen LogP contribution in [-0.4, -0.2) is 24.8 Å². The third-order valence-corrected chi connectivity index (χ3v) is 4.68. The van der Waals surface area contributed by atoms with Gasteiger partial charge in [0.2, 0.25) is 0 Å². The molecule has 4 nitrogen and oxygen atoms in total. The van der Waals surface area contributed by atoms with Crippen LogP contribution in [0.25, 0.3) is 0 Å². The van der Waals surface area contributed by atoms with Crippen molar-refractivity contribution in [3.05, 3.63) is 30.1 Å². The molecule has 18 heavy (non-hydrogen) atoms. The van der Waals surface area contributed by atoms with E-state index in [0.717, 1.165) is 25.9 Å². The van der Waals surface area contributed by atoms with E-state index in [1.807, 2.05) is 26.2 Å². The summed E-state index contributed by atoms with van der Waals surface area (Å²) in [6.07, 6.45) is 6.90. The molecule has 0 aromatic carbocycles. The van der Waals surface area contributed by atoms with Crippen LogP contribution in [0.4, 0.5) is 0 Å². The van der Waals surface area contributed by atoms with E-state index in [1.165, 1.54) is 5.56 Å². The van der Waals surface area contributed by atoms with Crippen LogP contribution in [-0.2, 0) is 35.4 Å². The molecule has 0 aliphatic carbocycles. The van der Waals surface area contributed by atoms with Gasteiger partial charge in [-0.05, 0) is 0 Å². The van der Waals surface area contributed by atoms with Crippen molar-refractivity contribution in [3.63, 3.8) is 0 Å². The standard InChI is InChI=1S/C9H12NO.2C2H5O.Ti/c11-8-2-1-3-9-4-6-10-7-5-9;2*1-2-3;/h4-7H,1-3,8H2;2*2H2,1H3;/q3*-1;+3. The number of aromatic nitrogens is 1. The van der Waals surface area contributed by atoms with Crippen LogP contribution in [0.1, 0.15) is 32.3 Å². The van der Waals surface area contributed by atoms with Gasteiger partial charge in [0, 0.05) is 0 Å². The second-order valence-electron chi connectivity index (χ2n) is 3.78. The van der Waals surface area contributed by atoms with Crippen molar-refractivity contribution in [2.45, 2.75) is 33.1 Å². The van der Waals surface area contributed by atoms with E-state index >= 15 is 0 Å². The van der Waals surface area contributed by atoms with Gasteiger partial charge in [-0.1, -0.05) is 0 Å². The monoisotopic (exact) mass is 288 g/mol. The molecule has 1 aromatic rings. The molecule has 0 unspecified atom stereocenters. The third-order valence-electron chi connectivity index (χ3n) is 2.35. The average Bonchev–Trinajstić information content (AvgIpc) is 2.40. The summed E-state index contributed by atoms with van der Waals surface area (Å²) in [5.41, 5.74) is 1.33. The van der Waals surface area contributed by atoms with Gasteiger partial charge in [-0.2, -0.15) is 0 Å². The normalized spacial score (nSPS) is 10.6. The molecular formula is C13H22NO3Ti. The molecule has 1 aromatic heterocycles. The third kappa shape index (κ3) is 7.24. The summed E-state index contributed by atoms with van der Waals surface area (Å²) in [7, 11) is 0. The summed E-state index contributed by atoms with van der Waals surface area (Å²) < 4.78 is 16.6. The molecule has 0 saturated carbocycles. The van der Waals surface area contributed by atoms with E-state index in [9.17, 15) is 0 Å². The first-order valence-corrected chi connectivity index (χ1v) is 8.42. The Morgan fingerprint density at radius 3 is 2.28 bits per heavy atom. The molecule has 0 spiro atoms. The minimum atomic E-state index is -2.13. The minimum absolute atomic E-state index is 0.673. The van der Waals surface area contributed by atoms with Gasteiger partial charge in [-0.15, -0.1) is 0 Å². The van der Waals surface area contributed by atoms with Gasteiger partial charge in [0.05, 0.1) is 0 Å². The predicted octanol–water partition coefficient (Wildman–Crippen LogP) is 2.86. The van der Waals surface area contributed by atoms with E-state index in [1.54, 1.807) is 0 Å². The number of nitrogens with zero attached hydrogens (tertiary/aromatic N) is 1. The Bertz CT molecular complexity index is 292. The Morgan fingerprint density at radius 1 is 1.00 bits per heavy atom. The van der Waals surface area contributed by atoms with Gasteiger partial charge >= 0.3 is 117 Å². The molecule has 0 atom stereocenters. The molecule has 5 heteroatoms. The Kier molecular flexibility index (Phi) is 9.35. The number of rotatable bonds is 10. The van der Waals surface area contributed by atoms with Crippen LogP contribution in [0.15, 0.2) is 24.5 Å². The van der Waals surface area contributed by atoms with Gasteiger partial charge in [0.25, 0.3) is 0 Å². The molecular weight excluding hydrogens is 266 g/mol. The SMILES string of the molecule is CC[O][Ti]([O]CC)[O]CCCCc1ccncc1. The van der Waals surface area contributed by atoms with Crippen LogP contribution >= 0.6 is 0 Å². The van der Waals surface area contributed by atoms with E-state index in [-0.39, 0.29) is 0 Å². The maximum atomic E-state index is 5.67. The van der Waals surface area contributed by atoms with Crippen LogP contribution < -0.4 is 0 Å². The molecule has 0 radical (unpaired) electrons. The molecule has 1 rings (SSSR count). The van der Waals surface area contributed by atoms with Gasteiger partial charge in [0.1, 0.15) is 0 Å². The number of aryl methyl sites for hydroxylation is 1. The zero-order valence-electron chi connectivity index (χ0n) is 11.2. The maximum absolute atomic E-state index is 5.67. The van der Waals surface area contributed by atoms with Crippen molar-refractivity contribution in [1.82, 2.24) is 4.98 Å². The summed E-state index contributed by atoms with van der Waals surface area (Å²) in [5.74, 6) is 0. The van der Waals surface area contributed by atoms with E-state index < -0.39 is 19.0 Å². The summed E-state index contributed by atoms with van der Waals surface area (Å²) in [5, 5.41) is 0. The molecule has 0 aliphatic rings. The quantitative estimate of drug-likeness (QED) is 0.490. The van der Waals surface area contributed by atoms with E-state index in [4.69, 9.17) is 9.96 Å². The molecule has 0 aliphatic heterocycles. The van der Waals surface area contributed by atoms with E-state index in [0.29, 0.717) is 13.2 Å². The number of unbranched alkanes of at least 4 members (excludes halogenated alkanes) is 1. The zero-order valence-corrected chi connectivity index (χ0v) is 12.8. The summed E-state index contributed by atoms with van der Waals surface area (Å²) >= 11 is -2.13. The fourth-order valence-electron chi connectivity index (χ4n) is 1.50. The Labute approximate surface area is 117 Å². The number of pyridine rings is 1. The summed E-state index contributed by atoms with van der Waals surface area (Å²) in [6, 6.07) is 4.11. The van der Waals surface area contributed by atoms with Crippen LogP contribution in [0, 0.1) is 0 Å². The fourth-order valence-corrected chi connectivity index (χ4v) is 3.11. The summed E-state index contributed by atoms with van der Waals surface area (Å²) in [6.45, 7) is 6.02. The van der Waals surface area contributed by atoms with Crippen molar-refractivity contribution in [2.24, 2.45) is 0 Å². The fraction of sp³-hybridized carbons (Fsp3) is 0.615. The molecule has 0 fully saturated rings. The van der Waals surface area contributed by atoms with Crippen molar-refractivity contribution >= 4 is 0 Å².